The molecule has 1 aliphatic heterocycles. The lowest BCUT2D eigenvalue weighted by Crippen LogP contribution is -2.67. The normalized spacial score (nSPS) is 49.7. The molecule has 0 amide bonds. The Morgan fingerprint density at radius 2 is 1.81 bits per heavy atom. The van der Waals surface area contributed by atoms with Gasteiger partial charge >= 0.3 is 5.97 Å². The van der Waals surface area contributed by atoms with Crippen LogP contribution in [0.4, 0.5) is 0 Å². The van der Waals surface area contributed by atoms with E-state index in [-0.39, 0.29) is 41.8 Å². The van der Waals surface area contributed by atoms with Crippen molar-refractivity contribution < 1.29 is 33.7 Å². The fourth-order valence-electron chi connectivity index (χ4n) is 8.79. The molecule has 1 heterocycles. The zero-order valence-corrected chi connectivity index (χ0v) is 19.0. The molecule has 0 spiro atoms. The second-order valence-corrected chi connectivity index (χ2v) is 11.2. The lowest BCUT2D eigenvalue weighted by Gasteiger charge is -2.65. The number of aliphatic hydroxyl groups is 1. The second-order valence-electron chi connectivity index (χ2n) is 11.2. The molecule has 5 rings (SSSR count). The molecule has 2 unspecified atom stereocenters. The van der Waals surface area contributed by atoms with Gasteiger partial charge in [-0.1, -0.05) is 13.8 Å². The fourth-order valence-corrected chi connectivity index (χ4v) is 8.79. The quantitative estimate of drug-likeness (QED) is 0.394. The highest BCUT2D eigenvalue weighted by atomic mass is 16.5. The van der Waals surface area contributed by atoms with Crippen LogP contribution in [0.2, 0.25) is 0 Å². The molecule has 176 valence electrons. The van der Waals surface area contributed by atoms with E-state index in [2.05, 4.69) is 13.8 Å². The van der Waals surface area contributed by atoms with E-state index in [0.29, 0.717) is 31.7 Å². The number of ether oxygens (including phenoxy) is 3. The van der Waals surface area contributed by atoms with Crippen LogP contribution in [0.15, 0.2) is 11.6 Å². The highest BCUT2D eigenvalue weighted by Gasteiger charge is 2.71. The SMILES string of the molecule is C[C@@]12[C@@H](C3=CC(=O)OC3)CC[C@]1(O)C1CC[C@@H]3C[C@@H](OC=O)CC[C@]3(C)C1C[C@H]2OC=O. The van der Waals surface area contributed by atoms with Gasteiger partial charge in [0, 0.05) is 11.5 Å². The summed E-state index contributed by atoms with van der Waals surface area (Å²) in [7, 11) is 0. The molecule has 4 fully saturated rings. The van der Waals surface area contributed by atoms with E-state index in [1.807, 2.05) is 0 Å². The average molecular weight is 447 g/mol. The summed E-state index contributed by atoms with van der Waals surface area (Å²) in [6.45, 7) is 5.73. The van der Waals surface area contributed by atoms with E-state index in [0.717, 1.165) is 44.1 Å². The smallest absolute Gasteiger partial charge is 0.331 e. The highest BCUT2D eigenvalue weighted by Crippen LogP contribution is 2.70. The maximum atomic E-state index is 12.4. The molecule has 4 saturated carbocycles. The largest absolute Gasteiger partial charge is 0.465 e. The zero-order valence-electron chi connectivity index (χ0n) is 19.0. The lowest BCUT2D eigenvalue weighted by molar-refractivity contribution is -0.248. The topological polar surface area (TPSA) is 99.1 Å². The van der Waals surface area contributed by atoms with Gasteiger partial charge in [0.1, 0.15) is 18.8 Å². The molecule has 7 nitrogen and oxygen atoms in total. The minimum atomic E-state index is -0.967. The van der Waals surface area contributed by atoms with Crippen LogP contribution < -0.4 is 0 Å². The minimum Gasteiger partial charge on any atom is -0.465 e. The Bertz CT molecular complexity index is 838. The molecular formula is C25H34O7. The predicted octanol–water partition coefficient (Wildman–Crippen LogP) is 2.94. The first-order valence-corrected chi connectivity index (χ1v) is 12.1. The molecule has 7 heteroatoms. The number of esters is 1. The Balaban J connectivity index is 1.50. The number of rotatable bonds is 5. The monoisotopic (exact) mass is 446 g/mol. The minimum absolute atomic E-state index is 0.0109. The number of fused-ring (bicyclic) bond motifs is 5. The van der Waals surface area contributed by atoms with Gasteiger partial charge in [-0.25, -0.2) is 4.79 Å². The van der Waals surface area contributed by atoms with Crippen molar-refractivity contribution in [2.24, 2.45) is 34.5 Å². The van der Waals surface area contributed by atoms with E-state index >= 15 is 0 Å². The van der Waals surface area contributed by atoms with Crippen LogP contribution in [0.3, 0.4) is 0 Å². The molecular weight excluding hydrogens is 412 g/mol. The van der Waals surface area contributed by atoms with E-state index in [4.69, 9.17) is 14.2 Å². The third-order valence-electron chi connectivity index (χ3n) is 10.5. The molecule has 0 aromatic rings. The first-order chi connectivity index (χ1) is 15.3. The first kappa shape index (κ1) is 21.9. The highest BCUT2D eigenvalue weighted by molar-refractivity contribution is 5.85. The van der Waals surface area contributed by atoms with Crippen molar-refractivity contribution >= 4 is 18.9 Å². The van der Waals surface area contributed by atoms with Gasteiger partial charge in [0.05, 0.1) is 5.60 Å². The van der Waals surface area contributed by atoms with Gasteiger partial charge in [-0.05, 0) is 86.0 Å². The Morgan fingerprint density at radius 3 is 2.50 bits per heavy atom. The van der Waals surface area contributed by atoms with Gasteiger partial charge < -0.3 is 19.3 Å². The van der Waals surface area contributed by atoms with Crippen LogP contribution in [-0.2, 0) is 28.6 Å². The van der Waals surface area contributed by atoms with Gasteiger partial charge in [0.15, 0.2) is 0 Å². The Kier molecular flexibility index (Phi) is 5.19. The summed E-state index contributed by atoms with van der Waals surface area (Å²) in [5, 5.41) is 12.4. The van der Waals surface area contributed by atoms with Crippen LogP contribution in [0.25, 0.3) is 0 Å². The third kappa shape index (κ3) is 2.85. The zero-order chi connectivity index (χ0) is 22.7. The first-order valence-electron chi connectivity index (χ1n) is 12.1. The number of hydrogen-bond acceptors (Lipinski definition) is 7. The summed E-state index contributed by atoms with van der Waals surface area (Å²) in [6.07, 6.45) is 7.78. The summed E-state index contributed by atoms with van der Waals surface area (Å²) >= 11 is 0. The summed E-state index contributed by atoms with van der Waals surface area (Å²) in [6, 6.07) is 0. The van der Waals surface area contributed by atoms with Crippen molar-refractivity contribution in [1.82, 2.24) is 0 Å². The van der Waals surface area contributed by atoms with E-state index in [9.17, 15) is 19.5 Å². The summed E-state index contributed by atoms with van der Waals surface area (Å²) in [5.74, 6) is 0.395. The predicted molar refractivity (Wildman–Crippen MR) is 113 cm³/mol. The van der Waals surface area contributed by atoms with Gasteiger partial charge in [0.2, 0.25) is 0 Å². The number of cyclic esters (lactones) is 1. The van der Waals surface area contributed by atoms with Crippen molar-refractivity contribution in [3.05, 3.63) is 11.6 Å². The summed E-state index contributed by atoms with van der Waals surface area (Å²) in [5.41, 5.74) is -0.699. The molecule has 0 radical (unpaired) electrons. The molecule has 0 bridgehead atoms. The molecule has 0 aromatic carbocycles. The molecule has 1 N–H and O–H groups in total. The molecule has 9 atom stereocenters. The molecule has 0 saturated heterocycles. The number of hydrogen-bond donors (Lipinski definition) is 1. The van der Waals surface area contributed by atoms with Gasteiger partial charge in [-0.3, -0.25) is 9.59 Å². The van der Waals surface area contributed by atoms with Crippen molar-refractivity contribution in [2.45, 2.75) is 83.0 Å². The van der Waals surface area contributed by atoms with Crippen molar-refractivity contribution in [2.75, 3.05) is 6.61 Å². The number of carbonyl (C=O) groups is 3. The van der Waals surface area contributed by atoms with Crippen molar-refractivity contribution in [1.29, 1.82) is 0 Å². The van der Waals surface area contributed by atoms with E-state index in [1.165, 1.54) is 0 Å². The molecule has 0 aromatic heterocycles. The maximum Gasteiger partial charge on any atom is 0.331 e. The average Bonchev–Trinajstić information content (AvgIpc) is 3.30. The Hall–Kier alpha value is -1.89. The van der Waals surface area contributed by atoms with Crippen molar-refractivity contribution in [3.8, 4) is 0 Å². The van der Waals surface area contributed by atoms with Crippen LogP contribution in [0.1, 0.15) is 65.2 Å². The molecule has 4 aliphatic carbocycles. The van der Waals surface area contributed by atoms with Crippen LogP contribution in [0, 0.1) is 34.5 Å². The van der Waals surface area contributed by atoms with Gasteiger partial charge in [0.25, 0.3) is 12.9 Å². The summed E-state index contributed by atoms with van der Waals surface area (Å²) in [4.78, 5) is 34.2. The van der Waals surface area contributed by atoms with Gasteiger partial charge in [-0.15, -0.1) is 0 Å². The summed E-state index contributed by atoms with van der Waals surface area (Å²) < 4.78 is 16.3. The van der Waals surface area contributed by atoms with E-state index < -0.39 is 17.1 Å². The van der Waals surface area contributed by atoms with Crippen LogP contribution in [0.5, 0.6) is 0 Å². The van der Waals surface area contributed by atoms with E-state index in [1.54, 1.807) is 6.08 Å². The number of carbonyl (C=O) groups excluding carboxylic acids is 3. The van der Waals surface area contributed by atoms with Crippen LogP contribution in [-0.4, -0.2) is 48.4 Å². The lowest BCUT2D eigenvalue weighted by atomic mass is 9.42. The fraction of sp³-hybridized carbons (Fsp3) is 0.800. The second kappa shape index (κ2) is 7.57. The molecule has 32 heavy (non-hydrogen) atoms. The Morgan fingerprint density at radius 1 is 1.03 bits per heavy atom. The third-order valence-corrected chi connectivity index (χ3v) is 10.5. The Labute approximate surface area is 188 Å². The maximum absolute atomic E-state index is 12.4. The van der Waals surface area contributed by atoms with Crippen molar-refractivity contribution in [3.63, 3.8) is 0 Å². The van der Waals surface area contributed by atoms with Gasteiger partial charge in [-0.2, -0.15) is 0 Å². The van der Waals surface area contributed by atoms with Crippen LogP contribution >= 0.6 is 0 Å². The molecule has 5 aliphatic rings. The standard InChI is InChI=1S/C25H34O7/c1-23-7-5-17(31-13-26)10-16(23)3-4-19-20(23)11-21(32-14-27)24(2)18(6-8-25(19,24)29)15-9-22(28)30-12-15/h9,13-14,16-21,29H,3-8,10-12H2,1-2H3/t16-,17+,18-,19?,20?,21-,23+,24+,25+/m1/s1.